The SMILES string of the molecule is CC1CCCCN1CCCNC(=NCc1cccc(C(F)(F)F)c1)NCC(=O)N(C)C.I. The molecule has 1 aliphatic heterocycles. The van der Waals surface area contributed by atoms with E-state index in [0.717, 1.165) is 31.6 Å². The largest absolute Gasteiger partial charge is 0.416 e. The number of amides is 1. The van der Waals surface area contributed by atoms with Crippen LogP contribution in [0.4, 0.5) is 13.2 Å². The van der Waals surface area contributed by atoms with Gasteiger partial charge in [0.05, 0.1) is 18.7 Å². The van der Waals surface area contributed by atoms with Gasteiger partial charge in [-0.25, -0.2) is 4.99 Å². The highest BCUT2D eigenvalue weighted by Crippen LogP contribution is 2.29. The first-order chi connectivity index (χ1) is 14.7. The molecule has 6 nitrogen and oxygen atoms in total. The maximum Gasteiger partial charge on any atom is 0.416 e. The number of likely N-dealkylation sites (tertiary alicyclic amines) is 1. The molecule has 0 bridgehead atoms. The van der Waals surface area contributed by atoms with Crippen molar-refractivity contribution in [1.82, 2.24) is 20.4 Å². The van der Waals surface area contributed by atoms with Crippen molar-refractivity contribution in [1.29, 1.82) is 0 Å². The summed E-state index contributed by atoms with van der Waals surface area (Å²) >= 11 is 0. The van der Waals surface area contributed by atoms with E-state index in [1.54, 1.807) is 20.2 Å². The summed E-state index contributed by atoms with van der Waals surface area (Å²) in [5.41, 5.74) is -0.238. The lowest BCUT2D eigenvalue weighted by atomic mass is 10.0. The monoisotopic (exact) mass is 569 g/mol. The second-order valence-corrected chi connectivity index (χ2v) is 8.17. The van der Waals surface area contributed by atoms with Gasteiger partial charge in [0.15, 0.2) is 5.96 Å². The Morgan fingerprint density at radius 1 is 1.25 bits per heavy atom. The van der Waals surface area contributed by atoms with E-state index >= 15 is 0 Å². The molecule has 1 fully saturated rings. The molecule has 0 spiro atoms. The van der Waals surface area contributed by atoms with Crippen LogP contribution in [0.1, 0.15) is 43.7 Å². The number of aliphatic imine (C=N–C) groups is 1. The first-order valence-electron chi connectivity index (χ1n) is 10.8. The minimum Gasteiger partial charge on any atom is -0.356 e. The predicted octanol–water partition coefficient (Wildman–Crippen LogP) is 3.71. The van der Waals surface area contributed by atoms with Gasteiger partial charge in [-0.2, -0.15) is 13.2 Å². The molecular weight excluding hydrogens is 534 g/mol. The molecule has 2 N–H and O–H groups in total. The third-order valence-electron chi connectivity index (χ3n) is 5.44. The van der Waals surface area contributed by atoms with Crippen molar-refractivity contribution >= 4 is 35.8 Å². The lowest BCUT2D eigenvalue weighted by Crippen LogP contribution is -2.44. The zero-order valence-corrected chi connectivity index (χ0v) is 21.4. The van der Waals surface area contributed by atoms with Crippen molar-refractivity contribution in [2.45, 2.75) is 51.4 Å². The van der Waals surface area contributed by atoms with Crippen molar-refractivity contribution in [3.8, 4) is 0 Å². The predicted molar refractivity (Wildman–Crippen MR) is 132 cm³/mol. The van der Waals surface area contributed by atoms with Gasteiger partial charge in [-0.05, 0) is 50.4 Å². The first-order valence-corrected chi connectivity index (χ1v) is 10.8. The van der Waals surface area contributed by atoms with Crippen LogP contribution in [0.3, 0.4) is 0 Å². The zero-order chi connectivity index (χ0) is 22.9. The Morgan fingerprint density at radius 3 is 2.66 bits per heavy atom. The molecule has 1 amide bonds. The standard InChI is InChI=1S/C22H34F3N5O.HI/c1-17-8-4-5-12-30(17)13-7-11-26-21(28-16-20(31)29(2)3)27-15-18-9-6-10-19(14-18)22(23,24)25;/h6,9-10,14,17H,4-5,7-8,11-13,15-16H2,1-3H3,(H2,26,27,28);1H. The van der Waals surface area contributed by atoms with Crippen LogP contribution in [-0.2, 0) is 17.5 Å². The summed E-state index contributed by atoms with van der Waals surface area (Å²) in [6.07, 6.45) is 0.270. The summed E-state index contributed by atoms with van der Waals surface area (Å²) in [7, 11) is 3.33. The molecule has 1 unspecified atom stereocenters. The van der Waals surface area contributed by atoms with Crippen LogP contribution < -0.4 is 10.6 Å². The maximum absolute atomic E-state index is 12.9. The molecule has 1 aromatic carbocycles. The topological polar surface area (TPSA) is 60.0 Å². The molecule has 0 radical (unpaired) electrons. The van der Waals surface area contributed by atoms with Crippen LogP contribution in [0.2, 0.25) is 0 Å². The van der Waals surface area contributed by atoms with Gasteiger partial charge in [0.1, 0.15) is 0 Å². The molecule has 0 aromatic heterocycles. The van der Waals surface area contributed by atoms with Crippen LogP contribution in [0.25, 0.3) is 0 Å². The molecular formula is C22H35F3IN5O. The number of carbonyl (C=O) groups excluding carboxylic acids is 1. The number of rotatable bonds is 8. The van der Waals surface area contributed by atoms with E-state index in [2.05, 4.69) is 27.4 Å². The molecule has 1 aliphatic rings. The summed E-state index contributed by atoms with van der Waals surface area (Å²) in [5.74, 6) is 0.301. The second kappa shape index (κ2) is 13.9. The smallest absolute Gasteiger partial charge is 0.356 e. The van der Waals surface area contributed by atoms with E-state index < -0.39 is 11.7 Å². The third kappa shape index (κ3) is 9.93. The second-order valence-electron chi connectivity index (χ2n) is 8.17. The Labute approximate surface area is 206 Å². The van der Waals surface area contributed by atoms with E-state index in [1.807, 2.05) is 0 Å². The fourth-order valence-corrected chi connectivity index (χ4v) is 3.49. The summed E-state index contributed by atoms with van der Waals surface area (Å²) in [5, 5.41) is 6.18. The lowest BCUT2D eigenvalue weighted by molar-refractivity contribution is -0.137. The number of hydrogen-bond donors (Lipinski definition) is 2. The number of benzene rings is 1. The Kier molecular flexibility index (Phi) is 12.3. The van der Waals surface area contributed by atoms with Gasteiger partial charge >= 0.3 is 6.18 Å². The molecule has 182 valence electrons. The quantitative estimate of drug-likeness (QED) is 0.217. The fourth-order valence-electron chi connectivity index (χ4n) is 3.49. The van der Waals surface area contributed by atoms with Crippen LogP contribution >= 0.6 is 24.0 Å². The van der Waals surface area contributed by atoms with Gasteiger partial charge in [-0.1, -0.05) is 18.6 Å². The van der Waals surface area contributed by atoms with E-state index in [1.165, 1.54) is 30.2 Å². The number of carbonyl (C=O) groups is 1. The van der Waals surface area contributed by atoms with Crippen LogP contribution in [0.15, 0.2) is 29.3 Å². The Hall–Kier alpha value is -1.56. The van der Waals surface area contributed by atoms with E-state index in [0.29, 0.717) is 24.1 Å². The Morgan fingerprint density at radius 2 is 2.00 bits per heavy atom. The van der Waals surface area contributed by atoms with E-state index in [4.69, 9.17) is 0 Å². The van der Waals surface area contributed by atoms with Crippen molar-refractivity contribution < 1.29 is 18.0 Å². The molecule has 2 rings (SSSR count). The van der Waals surface area contributed by atoms with Crippen molar-refractivity contribution in [3.63, 3.8) is 0 Å². The maximum atomic E-state index is 12.9. The Bertz CT molecular complexity index is 743. The number of nitrogens with one attached hydrogen (secondary N) is 2. The van der Waals surface area contributed by atoms with E-state index in [9.17, 15) is 18.0 Å². The Balaban J connectivity index is 0.00000512. The molecule has 0 saturated carbocycles. The highest BCUT2D eigenvalue weighted by molar-refractivity contribution is 14.0. The van der Waals surface area contributed by atoms with Gasteiger partial charge < -0.3 is 20.4 Å². The number of halogens is 4. The van der Waals surface area contributed by atoms with Crippen LogP contribution in [0.5, 0.6) is 0 Å². The minimum absolute atomic E-state index is 0. The highest BCUT2D eigenvalue weighted by atomic mass is 127. The van der Waals surface area contributed by atoms with Gasteiger partial charge in [0, 0.05) is 33.2 Å². The first kappa shape index (κ1) is 28.5. The number of likely N-dealkylation sites (N-methyl/N-ethyl adjacent to an activating group) is 1. The average Bonchev–Trinajstić information content (AvgIpc) is 2.73. The average molecular weight is 569 g/mol. The minimum atomic E-state index is -4.39. The van der Waals surface area contributed by atoms with Gasteiger partial charge in [-0.15, -0.1) is 24.0 Å². The third-order valence-corrected chi connectivity index (χ3v) is 5.44. The summed E-state index contributed by atoms with van der Waals surface area (Å²) in [6, 6.07) is 5.73. The molecule has 10 heteroatoms. The molecule has 1 saturated heterocycles. The van der Waals surface area contributed by atoms with Gasteiger partial charge in [0.25, 0.3) is 0 Å². The molecule has 1 heterocycles. The summed E-state index contributed by atoms with van der Waals surface area (Å²) in [6.45, 7) is 5.15. The normalized spacial score (nSPS) is 17.4. The molecule has 0 aliphatic carbocycles. The van der Waals surface area contributed by atoms with Crippen molar-refractivity contribution in [2.75, 3.05) is 40.3 Å². The van der Waals surface area contributed by atoms with Gasteiger partial charge in [-0.3, -0.25) is 4.79 Å². The van der Waals surface area contributed by atoms with Crippen molar-refractivity contribution in [2.24, 2.45) is 4.99 Å². The molecule has 1 aromatic rings. The number of alkyl halides is 3. The molecule has 32 heavy (non-hydrogen) atoms. The number of hydrogen-bond acceptors (Lipinski definition) is 3. The fraction of sp³-hybridized carbons (Fsp3) is 0.636. The number of nitrogens with zero attached hydrogens (tertiary/aromatic N) is 3. The van der Waals surface area contributed by atoms with Crippen LogP contribution in [-0.4, -0.2) is 68.0 Å². The highest BCUT2D eigenvalue weighted by Gasteiger charge is 2.30. The zero-order valence-electron chi connectivity index (χ0n) is 19.0. The molecule has 1 atom stereocenters. The summed E-state index contributed by atoms with van der Waals surface area (Å²) in [4.78, 5) is 20.2. The summed E-state index contributed by atoms with van der Waals surface area (Å²) < 4.78 is 38.8. The van der Waals surface area contributed by atoms with Gasteiger partial charge in [0.2, 0.25) is 5.91 Å². The number of guanidine groups is 1. The van der Waals surface area contributed by atoms with Crippen molar-refractivity contribution in [3.05, 3.63) is 35.4 Å². The van der Waals surface area contributed by atoms with E-state index in [-0.39, 0.29) is 43.0 Å². The lowest BCUT2D eigenvalue weighted by Gasteiger charge is -2.33. The number of piperidine rings is 1. The van der Waals surface area contributed by atoms with Crippen LogP contribution in [0, 0.1) is 0 Å².